The van der Waals surface area contributed by atoms with Crippen molar-refractivity contribution in [3.8, 4) is 11.5 Å². The molecule has 2 aromatic carbocycles. The number of benzene rings is 2. The number of hydrogen-bond acceptors (Lipinski definition) is 4. The van der Waals surface area contributed by atoms with Crippen LogP contribution in [0.1, 0.15) is 48.0 Å². The lowest BCUT2D eigenvalue weighted by atomic mass is 9.98. The Hall–Kier alpha value is -3.02. The maximum Gasteiger partial charge on any atom is 0.248 e. The van der Waals surface area contributed by atoms with E-state index < -0.39 is 5.91 Å². The van der Waals surface area contributed by atoms with Crippen LogP contribution in [-0.4, -0.2) is 32.1 Å². The van der Waals surface area contributed by atoms with Crippen LogP contribution in [0, 0.1) is 0 Å². The summed E-state index contributed by atoms with van der Waals surface area (Å²) in [5.74, 6) is 0.958. The summed E-state index contributed by atoms with van der Waals surface area (Å²) in [6.45, 7) is 3.29. The van der Waals surface area contributed by atoms with Crippen LogP contribution in [0.5, 0.6) is 11.5 Å². The number of hydrogen-bond donors (Lipinski definition) is 1. The first-order valence-corrected chi connectivity index (χ1v) is 9.54. The Labute approximate surface area is 165 Å². The fraction of sp³-hybridized carbons (Fsp3) is 0.364. The molecule has 1 atom stereocenters. The molecule has 0 aromatic heterocycles. The summed E-state index contributed by atoms with van der Waals surface area (Å²) in [4.78, 5) is 25.8. The van der Waals surface area contributed by atoms with Crippen molar-refractivity contribution < 1.29 is 19.1 Å². The zero-order valence-corrected chi connectivity index (χ0v) is 16.3. The standard InChI is InChI=1S/C22H26N2O4/c1-3-4-10-28-20-12-15(8-9-19(20)27-2)17-13-21(25)24(14-17)18-7-5-6-16(11-18)22(23)26/h5-9,11-12,17H,3-4,10,13-14H2,1-2H3,(H2,23,26). The van der Waals surface area contributed by atoms with Gasteiger partial charge in [-0.2, -0.15) is 0 Å². The van der Waals surface area contributed by atoms with Crippen LogP contribution in [0.3, 0.4) is 0 Å². The van der Waals surface area contributed by atoms with Crippen LogP contribution in [0.25, 0.3) is 0 Å². The normalized spacial score (nSPS) is 16.3. The molecule has 3 rings (SSSR count). The van der Waals surface area contributed by atoms with Crippen molar-refractivity contribution in [2.24, 2.45) is 5.73 Å². The number of nitrogens with two attached hydrogens (primary N) is 1. The Bertz CT molecular complexity index is 865. The molecule has 0 radical (unpaired) electrons. The van der Waals surface area contributed by atoms with Gasteiger partial charge in [-0.3, -0.25) is 9.59 Å². The van der Waals surface area contributed by atoms with Gasteiger partial charge in [0.05, 0.1) is 13.7 Å². The third-order valence-corrected chi connectivity index (χ3v) is 4.98. The quantitative estimate of drug-likeness (QED) is 0.709. The minimum atomic E-state index is -0.505. The van der Waals surface area contributed by atoms with Gasteiger partial charge < -0.3 is 20.1 Å². The van der Waals surface area contributed by atoms with Crippen LogP contribution >= 0.6 is 0 Å². The van der Waals surface area contributed by atoms with Gasteiger partial charge in [0.15, 0.2) is 11.5 Å². The number of rotatable bonds is 8. The Kier molecular flexibility index (Phi) is 6.19. The van der Waals surface area contributed by atoms with Gasteiger partial charge in [0.2, 0.25) is 11.8 Å². The lowest BCUT2D eigenvalue weighted by molar-refractivity contribution is -0.117. The molecule has 0 bridgehead atoms. The Balaban J connectivity index is 1.80. The van der Waals surface area contributed by atoms with Crippen LogP contribution in [-0.2, 0) is 4.79 Å². The van der Waals surface area contributed by atoms with Crippen LogP contribution in [0.2, 0.25) is 0 Å². The summed E-state index contributed by atoms with van der Waals surface area (Å²) in [6, 6.07) is 12.7. The van der Waals surface area contributed by atoms with E-state index in [2.05, 4.69) is 6.92 Å². The molecule has 1 heterocycles. The van der Waals surface area contributed by atoms with Crippen molar-refractivity contribution in [3.05, 3.63) is 53.6 Å². The molecule has 2 aromatic rings. The highest BCUT2D eigenvalue weighted by Gasteiger charge is 2.32. The smallest absolute Gasteiger partial charge is 0.248 e. The number of carbonyl (C=O) groups is 2. The highest BCUT2D eigenvalue weighted by molar-refractivity contribution is 5.99. The van der Waals surface area contributed by atoms with Gasteiger partial charge in [-0.1, -0.05) is 25.5 Å². The molecule has 2 amide bonds. The largest absolute Gasteiger partial charge is 0.493 e. The second-order valence-corrected chi connectivity index (χ2v) is 6.93. The maximum atomic E-state index is 12.6. The van der Waals surface area contributed by atoms with Crippen molar-refractivity contribution in [2.45, 2.75) is 32.1 Å². The molecule has 1 aliphatic rings. The summed E-state index contributed by atoms with van der Waals surface area (Å²) in [5.41, 5.74) is 7.48. The molecular weight excluding hydrogens is 356 g/mol. The van der Waals surface area contributed by atoms with E-state index >= 15 is 0 Å². The Morgan fingerprint density at radius 1 is 1.21 bits per heavy atom. The molecule has 28 heavy (non-hydrogen) atoms. The molecule has 1 saturated heterocycles. The summed E-state index contributed by atoms with van der Waals surface area (Å²) in [5, 5.41) is 0. The summed E-state index contributed by atoms with van der Waals surface area (Å²) < 4.78 is 11.3. The number of carbonyl (C=O) groups excluding carboxylic acids is 2. The van der Waals surface area contributed by atoms with E-state index in [-0.39, 0.29) is 11.8 Å². The first-order valence-electron chi connectivity index (χ1n) is 9.54. The number of primary amides is 1. The number of nitrogens with zero attached hydrogens (tertiary/aromatic N) is 1. The predicted octanol–water partition coefficient (Wildman–Crippen LogP) is 3.49. The average Bonchev–Trinajstić information content (AvgIpc) is 3.10. The molecule has 2 N–H and O–H groups in total. The number of unbranched alkanes of at least 4 members (excludes halogenated alkanes) is 1. The molecule has 0 saturated carbocycles. The van der Waals surface area contributed by atoms with Gasteiger partial charge >= 0.3 is 0 Å². The third kappa shape index (κ3) is 4.27. The molecule has 1 fully saturated rings. The first-order chi connectivity index (χ1) is 13.5. The fourth-order valence-corrected chi connectivity index (χ4v) is 3.39. The monoisotopic (exact) mass is 382 g/mol. The lowest BCUT2D eigenvalue weighted by Crippen LogP contribution is -2.24. The van der Waals surface area contributed by atoms with Gasteiger partial charge in [-0.15, -0.1) is 0 Å². The summed E-state index contributed by atoms with van der Waals surface area (Å²) in [7, 11) is 1.62. The van der Waals surface area contributed by atoms with E-state index in [1.807, 2.05) is 24.3 Å². The van der Waals surface area contributed by atoms with E-state index in [0.717, 1.165) is 18.4 Å². The third-order valence-electron chi connectivity index (χ3n) is 4.98. The van der Waals surface area contributed by atoms with Crippen LogP contribution < -0.4 is 20.1 Å². The topological polar surface area (TPSA) is 81.9 Å². The number of methoxy groups -OCH3 is 1. The SMILES string of the molecule is CCCCOc1cc(C2CC(=O)N(c3cccc(C(N)=O)c3)C2)ccc1OC. The van der Waals surface area contributed by atoms with E-state index in [4.69, 9.17) is 15.2 Å². The molecule has 6 nitrogen and oxygen atoms in total. The lowest BCUT2D eigenvalue weighted by Gasteiger charge is -2.18. The van der Waals surface area contributed by atoms with Gasteiger partial charge in [0.25, 0.3) is 0 Å². The molecule has 6 heteroatoms. The van der Waals surface area contributed by atoms with E-state index in [1.165, 1.54) is 0 Å². The number of amides is 2. The summed E-state index contributed by atoms with van der Waals surface area (Å²) >= 11 is 0. The Morgan fingerprint density at radius 3 is 2.75 bits per heavy atom. The molecule has 1 unspecified atom stereocenters. The van der Waals surface area contributed by atoms with Gasteiger partial charge in [-0.05, 0) is 42.3 Å². The van der Waals surface area contributed by atoms with Crippen molar-refractivity contribution in [3.63, 3.8) is 0 Å². The second-order valence-electron chi connectivity index (χ2n) is 6.93. The molecular formula is C22H26N2O4. The number of ether oxygens (including phenoxy) is 2. The van der Waals surface area contributed by atoms with Crippen molar-refractivity contribution in [1.82, 2.24) is 0 Å². The highest BCUT2D eigenvalue weighted by atomic mass is 16.5. The Morgan fingerprint density at radius 2 is 2.04 bits per heavy atom. The molecule has 0 spiro atoms. The van der Waals surface area contributed by atoms with Crippen molar-refractivity contribution in [1.29, 1.82) is 0 Å². The van der Waals surface area contributed by atoms with Crippen LogP contribution in [0.15, 0.2) is 42.5 Å². The molecule has 0 aliphatic carbocycles. The number of anilines is 1. The zero-order chi connectivity index (χ0) is 20.1. The molecule has 148 valence electrons. The van der Waals surface area contributed by atoms with Crippen molar-refractivity contribution >= 4 is 17.5 Å². The van der Waals surface area contributed by atoms with E-state index in [9.17, 15) is 9.59 Å². The minimum Gasteiger partial charge on any atom is -0.493 e. The van der Waals surface area contributed by atoms with Gasteiger partial charge in [0, 0.05) is 30.1 Å². The van der Waals surface area contributed by atoms with E-state index in [1.54, 1.807) is 30.2 Å². The average molecular weight is 382 g/mol. The first kappa shape index (κ1) is 19.7. The van der Waals surface area contributed by atoms with Crippen molar-refractivity contribution in [2.75, 3.05) is 25.2 Å². The van der Waals surface area contributed by atoms with Gasteiger partial charge in [0.1, 0.15) is 0 Å². The zero-order valence-electron chi connectivity index (χ0n) is 16.3. The maximum absolute atomic E-state index is 12.6. The predicted molar refractivity (Wildman–Crippen MR) is 108 cm³/mol. The van der Waals surface area contributed by atoms with Crippen LogP contribution in [0.4, 0.5) is 5.69 Å². The fourth-order valence-electron chi connectivity index (χ4n) is 3.39. The van der Waals surface area contributed by atoms with E-state index in [0.29, 0.717) is 42.3 Å². The second kappa shape index (κ2) is 8.78. The highest BCUT2D eigenvalue weighted by Crippen LogP contribution is 2.36. The summed E-state index contributed by atoms with van der Waals surface area (Å²) in [6.07, 6.45) is 2.43. The minimum absolute atomic E-state index is 0.0240. The van der Waals surface area contributed by atoms with Gasteiger partial charge in [-0.25, -0.2) is 0 Å². The molecule has 1 aliphatic heterocycles.